The van der Waals surface area contributed by atoms with Crippen molar-refractivity contribution in [2.24, 2.45) is 5.92 Å². The number of carbonyl (C=O) groups is 2. The molecule has 1 fully saturated rings. The number of ether oxygens (including phenoxy) is 1. The zero-order valence-electron chi connectivity index (χ0n) is 14.1. The number of hydrogen-bond donors (Lipinski definition) is 1. The Hall–Kier alpha value is -2.77. The molecule has 0 saturated heterocycles. The molecular weight excluding hydrogens is 322 g/mol. The average Bonchev–Trinajstić information content (AvgIpc) is 3.17. The molecule has 0 aliphatic heterocycles. The van der Waals surface area contributed by atoms with Crippen LogP contribution < -0.4 is 10.1 Å². The third-order valence-electron chi connectivity index (χ3n) is 4.36. The zero-order valence-corrected chi connectivity index (χ0v) is 14.1. The maximum atomic E-state index is 12.2. The van der Waals surface area contributed by atoms with Gasteiger partial charge in [0.05, 0.1) is 5.69 Å². The van der Waals surface area contributed by atoms with E-state index in [9.17, 15) is 9.59 Å². The number of nitrogens with one attached hydrogen (secondary N) is 1. The summed E-state index contributed by atoms with van der Waals surface area (Å²) in [5.41, 5.74) is 0.753. The molecule has 3 rings (SSSR count). The Labute approximate surface area is 145 Å². The van der Waals surface area contributed by atoms with Crippen molar-refractivity contribution >= 4 is 11.9 Å². The van der Waals surface area contributed by atoms with Crippen LogP contribution in [0.15, 0.2) is 30.6 Å². The van der Waals surface area contributed by atoms with Crippen LogP contribution in [0.5, 0.6) is 5.75 Å². The molecule has 1 unspecified atom stereocenters. The quantitative estimate of drug-likeness (QED) is 0.655. The summed E-state index contributed by atoms with van der Waals surface area (Å²) in [6.07, 6.45) is 6.60. The van der Waals surface area contributed by atoms with Crippen molar-refractivity contribution < 1.29 is 14.3 Å². The van der Waals surface area contributed by atoms with Gasteiger partial charge in [-0.1, -0.05) is 19.3 Å². The molecule has 0 spiro atoms. The second-order valence-corrected chi connectivity index (χ2v) is 6.23. The molecule has 1 saturated carbocycles. The van der Waals surface area contributed by atoms with Gasteiger partial charge in [-0.15, -0.1) is 5.10 Å². The summed E-state index contributed by atoms with van der Waals surface area (Å²) in [6, 6.07) is 6.11. The van der Waals surface area contributed by atoms with Crippen LogP contribution in [0.3, 0.4) is 0 Å². The molecule has 1 aromatic carbocycles. The fourth-order valence-electron chi connectivity index (χ4n) is 2.91. The van der Waals surface area contributed by atoms with Crippen molar-refractivity contribution in [1.82, 2.24) is 25.5 Å². The predicted octanol–water partition coefficient (Wildman–Crippen LogP) is 1.65. The van der Waals surface area contributed by atoms with Crippen LogP contribution in [0.25, 0.3) is 5.69 Å². The predicted molar refractivity (Wildman–Crippen MR) is 89.0 cm³/mol. The van der Waals surface area contributed by atoms with Crippen LogP contribution in [0.4, 0.5) is 0 Å². The standard InChI is InChI=1S/C17H21N5O3/c1-12(19-16(23)13-5-3-2-4-6-13)17(24)25-15-9-7-14(8-10-15)22-11-18-20-21-22/h7-13H,2-6H2,1H3,(H,19,23). The van der Waals surface area contributed by atoms with E-state index >= 15 is 0 Å². The van der Waals surface area contributed by atoms with E-state index in [1.807, 2.05) is 0 Å². The molecule has 1 N–H and O–H groups in total. The Kier molecular flexibility index (Phi) is 5.37. The molecule has 25 heavy (non-hydrogen) atoms. The lowest BCUT2D eigenvalue weighted by Gasteiger charge is -2.22. The monoisotopic (exact) mass is 343 g/mol. The first-order valence-electron chi connectivity index (χ1n) is 8.49. The number of hydrogen-bond acceptors (Lipinski definition) is 6. The molecule has 1 aliphatic rings. The van der Waals surface area contributed by atoms with Crippen LogP contribution in [0.1, 0.15) is 39.0 Å². The first kappa shape index (κ1) is 17.1. The molecule has 1 atom stereocenters. The molecule has 132 valence electrons. The van der Waals surface area contributed by atoms with E-state index in [1.54, 1.807) is 31.2 Å². The lowest BCUT2D eigenvalue weighted by Crippen LogP contribution is -2.43. The van der Waals surface area contributed by atoms with Crippen molar-refractivity contribution in [2.75, 3.05) is 0 Å². The summed E-state index contributed by atoms with van der Waals surface area (Å²) in [5, 5.41) is 13.7. The van der Waals surface area contributed by atoms with Crippen molar-refractivity contribution in [2.45, 2.75) is 45.1 Å². The van der Waals surface area contributed by atoms with Gasteiger partial charge in [0.2, 0.25) is 5.91 Å². The molecule has 8 nitrogen and oxygen atoms in total. The Bertz CT molecular complexity index is 708. The van der Waals surface area contributed by atoms with Gasteiger partial charge in [-0.2, -0.15) is 0 Å². The minimum atomic E-state index is -0.686. The Morgan fingerprint density at radius 3 is 2.56 bits per heavy atom. The smallest absolute Gasteiger partial charge is 0.333 e. The van der Waals surface area contributed by atoms with E-state index in [4.69, 9.17) is 4.74 Å². The number of tetrazole rings is 1. The van der Waals surface area contributed by atoms with Gasteiger partial charge >= 0.3 is 5.97 Å². The number of rotatable bonds is 5. The largest absolute Gasteiger partial charge is 0.425 e. The topological polar surface area (TPSA) is 99.0 Å². The molecule has 1 amide bonds. The summed E-state index contributed by atoms with van der Waals surface area (Å²) in [4.78, 5) is 24.4. The van der Waals surface area contributed by atoms with Gasteiger partial charge in [0.25, 0.3) is 0 Å². The number of aromatic nitrogens is 4. The molecule has 0 bridgehead atoms. The number of benzene rings is 1. The van der Waals surface area contributed by atoms with Crippen LogP contribution in [0.2, 0.25) is 0 Å². The maximum Gasteiger partial charge on any atom is 0.333 e. The first-order chi connectivity index (χ1) is 12.1. The highest BCUT2D eigenvalue weighted by Crippen LogP contribution is 2.23. The molecule has 1 aliphatic carbocycles. The van der Waals surface area contributed by atoms with Crippen LogP contribution in [-0.2, 0) is 9.59 Å². The van der Waals surface area contributed by atoms with Gasteiger partial charge in [0, 0.05) is 5.92 Å². The first-order valence-corrected chi connectivity index (χ1v) is 8.49. The van der Waals surface area contributed by atoms with Crippen molar-refractivity contribution in [1.29, 1.82) is 0 Å². The van der Waals surface area contributed by atoms with Gasteiger partial charge < -0.3 is 10.1 Å². The Balaban J connectivity index is 1.53. The lowest BCUT2D eigenvalue weighted by atomic mass is 9.88. The normalized spacial score (nSPS) is 16.2. The van der Waals surface area contributed by atoms with Crippen LogP contribution >= 0.6 is 0 Å². The second-order valence-electron chi connectivity index (χ2n) is 6.23. The van der Waals surface area contributed by atoms with E-state index in [0.717, 1.165) is 31.4 Å². The van der Waals surface area contributed by atoms with E-state index in [2.05, 4.69) is 20.8 Å². The average molecular weight is 343 g/mol. The highest BCUT2D eigenvalue weighted by Gasteiger charge is 2.25. The maximum absolute atomic E-state index is 12.2. The summed E-state index contributed by atoms with van der Waals surface area (Å²) in [5.74, 6) is -0.127. The molecule has 1 heterocycles. The summed E-state index contributed by atoms with van der Waals surface area (Å²) < 4.78 is 6.82. The third kappa shape index (κ3) is 4.40. The van der Waals surface area contributed by atoms with Gasteiger partial charge in [0.15, 0.2) is 0 Å². The number of carbonyl (C=O) groups excluding carboxylic acids is 2. The SMILES string of the molecule is CC(NC(=O)C1CCCCC1)C(=O)Oc1ccc(-n2cnnn2)cc1. The molecule has 0 radical (unpaired) electrons. The van der Waals surface area contributed by atoms with Gasteiger partial charge in [-0.25, -0.2) is 9.48 Å². The van der Waals surface area contributed by atoms with E-state index in [-0.39, 0.29) is 11.8 Å². The Morgan fingerprint density at radius 1 is 1.20 bits per heavy atom. The van der Waals surface area contributed by atoms with Crippen LogP contribution in [-0.4, -0.2) is 38.1 Å². The van der Waals surface area contributed by atoms with E-state index in [0.29, 0.717) is 5.75 Å². The van der Waals surface area contributed by atoms with Gasteiger partial charge in [0.1, 0.15) is 18.1 Å². The third-order valence-corrected chi connectivity index (χ3v) is 4.36. The number of nitrogens with zero attached hydrogens (tertiary/aromatic N) is 4. The Morgan fingerprint density at radius 2 is 1.92 bits per heavy atom. The molecule has 8 heteroatoms. The fourth-order valence-corrected chi connectivity index (χ4v) is 2.91. The van der Waals surface area contributed by atoms with Crippen molar-refractivity contribution in [3.05, 3.63) is 30.6 Å². The molecule has 1 aromatic heterocycles. The number of amides is 1. The summed E-state index contributed by atoms with van der Waals surface area (Å²) >= 11 is 0. The fraction of sp³-hybridized carbons (Fsp3) is 0.471. The van der Waals surface area contributed by atoms with E-state index in [1.165, 1.54) is 17.4 Å². The van der Waals surface area contributed by atoms with E-state index < -0.39 is 12.0 Å². The molecular formula is C17H21N5O3. The van der Waals surface area contributed by atoms with Gasteiger partial charge in [-0.3, -0.25) is 4.79 Å². The van der Waals surface area contributed by atoms with Gasteiger partial charge in [-0.05, 0) is 54.5 Å². The lowest BCUT2D eigenvalue weighted by molar-refractivity contribution is -0.139. The van der Waals surface area contributed by atoms with Crippen molar-refractivity contribution in [3.63, 3.8) is 0 Å². The van der Waals surface area contributed by atoms with Crippen molar-refractivity contribution in [3.8, 4) is 11.4 Å². The minimum Gasteiger partial charge on any atom is -0.425 e. The highest BCUT2D eigenvalue weighted by atomic mass is 16.5. The highest BCUT2D eigenvalue weighted by molar-refractivity contribution is 5.86. The minimum absolute atomic E-state index is 0.0135. The summed E-state index contributed by atoms with van der Waals surface area (Å²) in [7, 11) is 0. The molecule has 2 aromatic rings. The number of esters is 1. The van der Waals surface area contributed by atoms with Crippen LogP contribution in [0, 0.1) is 5.92 Å². The summed E-state index contributed by atoms with van der Waals surface area (Å²) in [6.45, 7) is 1.64. The zero-order chi connectivity index (χ0) is 17.6. The second kappa shape index (κ2) is 7.87.